The molecule has 0 aliphatic heterocycles. The van der Waals surface area contributed by atoms with E-state index in [1.807, 2.05) is 46.8 Å². The molecule has 12 heavy (non-hydrogen) atoms. The third-order valence-electron chi connectivity index (χ3n) is 1.61. The summed E-state index contributed by atoms with van der Waals surface area (Å²) in [5.41, 5.74) is 6.26. The average molecular weight is 221 g/mol. The first-order valence-electron chi connectivity index (χ1n) is 3.74. The monoisotopic (exact) mass is 222 g/mol. The van der Waals surface area contributed by atoms with Crippen molar-refractivity contribution in [3.05, 3.63) is 35.9 Å². The average Bonchev–Trinajstić information content (AvgIpc) is 2.05. The van der Waals surface area contributed by atoms with Crippen molar-refractivity contribution in [3.63, 3.8) is 0 Å². The van der Waals surface area contributed by atoms with E-state index in [4.69, 9.17) is 5.73 Å². The second-order valence-corrected chi connectivity index (χ2v) is 4.10. The van der Waals surface area contributed by atoms with Crippen LogP contribution in [0.3, 0.4) is 0 Å². The van der Waals surface area contributed by atoms with Crippen LogP contribution < -0.4 is 5.73 Å². The second kappa shape index (κ2) is 4.31. The minimum absolute atomic E-state index is 0.226. The van der Waals surface area contributed by atoms with E-state index >= 15 is 0 Å². The Morgan fingerprint density at radius 3 is 2.50 bits per heavy atom. The first-order valence-corrected chi connectivity index (χ1v) is 4.95. The van der Waals surface area contributed by atoms with E-state index in [-0.39, 0.29) is 10.7 Å². The number of benzene rings is 1. The van der Waals surface area contributed by atoms with Crippen molar-refractivity contribution in [3.8, 4) is 0 Å². The predicted molar refractivity (Wildman–Crippen MR) is 48.7 cm³/mol. The number of carbonyl (C=O) groups is 1. The van der Waals surface area contributed by atoms with Gasteiger partial charge in [0.2, 0.25) is 0 Å². The van der Waals surface area contributed by atoms with Gasteiger partial charge in [0.05, 0.1) is 0 Å². The van der Waals surface area contributed by atoms with Crippen LogP contribution in [0.1, 0.15) is 16.7 Å². The van der Waals surface area contributed by atoms with Crippen molar-refractivity contribution < 1.29 is 4.79 Å². The Labute approximate surface area is 80.4 Å². The topological polar surface area (TPSA) is 43.1 Å². The Kier molecular flexibility index (Phi) is 3.35. The van der Waals surface area contributed by atoms with Crippen LogP contribution in [-0.4, -0.2) is 22.4 Å². The molecule has 1 amide bonds. The first-order chi connectivity index (χ1) is 5.70. The molecule has 3 radical (unpaired) electrons. The Hall–Kier alpha value is -0.767. The van der Waals surface area contributed by atoms with Crippen LogP contribution in [0.25, 0.3) is 0 Å². The summed E-state index contributed by atoms with van der Waals surface area (Å²) in [6.07, 6.45) is 0.421. The van der Waals surface area contributed by atoms with Crippen LogP contribution in [0.2, 0.25) is 0 Å². The normalized spacial score (nSPS) is 12.4. The molecule has 0 aliphatic rings. The van der Waals surface area contributed by atoms with E-state index in [1.165, 1.54) is 0 Å². The van der Waals surface area contributed by atoms with Crippen molar-refractivity contribution in [2.75, 3.05) is 0 Å². The van der Waals surface area contributed by atoms with Crippen LogP contribution in [0.5, 0.6) is 0 Å². The van der Waals surface area contributed by atoms with Gasteiger partial charge in [-0.15, -0.1) is 0 Å². The molecule has 0 saturated heterocycles. The molecule has 0 spiro atoms. The molecule has 2 N–H and O–H groups in total. The standard InChI is InChI=1S/C9H10GeNO/c10-8(6-9(11)12)7-4-2-1-3-5-7/h1-5,8H,6H2,(H2,11,12). The van der Waals surface area contributed by atoms with Gasteiger partial charge in [-0.3, -0.25) is 0 Å². The molecule has 1 rings (SSSR count). The molecule has 0 saturated carbocycles. The van der Waals surface area contributed by atoms with Gasteiger partial charge in [0.15, 0.2) is 0 Å². The van der Waals surface area contributed by atoms with Crippen LogP contribution in [0, 0.1) is 0 Å². The molecule has 0 aromatic heterocycles. The third-order valence-corrected chi connectivity index (χ3v) is 2.73. The van der Waals surface area contributed by atoms with Gasteiger partial charge in [-0.25, -0.2) is 0 Å². The molecule has 1 aromatic rings. The van der Waals surface area contributed by atoms with E-state index in [0.717, 1.165) is 5.56 Å². The van der Waals surface area contributed by atoms with Gasteiger partial charge < -0.3 is 0 Å². The van der Waals surface area contributed by atoms with Crippen LogP contribution in [-0.2, 0) is 4.79 Å². The van der Waals surface area contributed by atoms with Gasteiger partial charge in [-0.2, -0.15) is 0 Å². The van der Waals surface area contributed by atoms with Crippen molar-refractivity contribution in [2.24, 2.45) is 5.73 Å². The fraction of sp³-hybridized carbons (Fsp3) is 0.222. The summed E-state index contributed by atoms with van der Waals surface area (Å²) in [7, 11) is 0. The first kappa shape index (κ1) is 9.32. The molecule has 1 atom stereocenters. The van der Waals surface area contributed by atoms with Crippen molar-refractivity contribution in [2.45, 2.75) is 11.2 Å². The molecule has 0 aliphatic carbocycles. The summed E-state index contributed by atoms with van der Waals surface area (Å²) in [4.78, 5) is 10.6. The fourth-order valence-corrected chi connectivity index (χ4v) is 1.83. The number of primary amides is 1. The summed E-state index contributed by atoms with van der Waals surface area (Å²) < 4.78 is 0.226. The van der Waals surface area contributed by atoms with Crippen molar-refractivity contribution in [1.82, 2.24) is 0 Å². The number of nitrogens with two attached hydrogens (primary N) is 1. The number of hydrogen-bond acceptors (Lipinski definition) is 1. The zero-order chi connectivity index (χ0) is 8.97. The summed E-state index contributed by atoms with van der Waals surface area (Å²) in [6.45, 7) is 0. The number of amides is 1. The van der Waals surface area contributed by atoms with Gasteiger partial charge in [-0.1, -0.05) is 0 Å². The van der Waals surface area contributed by atoms with E-state index in [9.17, 15) is 4.79 Å². The zero-order valence-electron chi connectivity index (χ0n) is 6.66. The van der Waals surface area contributed by atoms with Crippen molar-refractivity contribution in [1.29, 1.82) is 0 Å². The van der Waals surface area contributed by atoms with Gasteiger partial charge in [0.25, 0.3) is 0 Å². The summed E-state index contributed by atoms with van der Waals surface area (Å²) >= 11 is 2.00. The Morgan fingerprint density at radius 2 is 2.00 bits per heavy atom. The predicted octanol–water partition coefficient (Wildman–Crippen LogP) is 0.772. The number of carbonyl (C=O) groups excluding carboxylic acids is 1. The molecule has 2 nitrogen and oxygen atoms in total. The quantitative estimate of drug-likeness (QED) is 0.752. The molecule has 61 valence electrons. The van der Waals surface area contributed by atoms with E-state index in [0.29, 0.717) is 6.42 Å². The number of rotatable bonds is 3. The van der Waals surface area contributed by atoms with Crippen molar-refractivity contribution >= 4 is 22.4 Å². The molecular formula is C9H10GeNO. The molecule has 1 aromatic carbocycles. The van der Waals surface area contributed by atoms with Gasteiger partial charge in [0.1, 0.15) is 0 Å². The van der Waals surface area contributed by atoms with Crippen LogP contribution in [0.15, 0.2) is 30.3 Å². The fourth-order valence-electron chi connectivity index (χ4n) is 1.00. The summed E-state index contributed by atoms with van der Waals surface area (Å²) in [5, 5.41) is 0. The maximum absolute atomic E-state index is 10.6. The Bertz CT molecular complexity index is 260. The molecular weight excluding hydrogens is 211 g/mol. The Balaban J connectivity index is 2.65. The molecule has 3 heteroatoms. The summed E-state index contributed by atoms with van der Waals surface area (Å²) in [5.74, 6) is -0.244. The second-order valence-electron chi connectivity index (χ2n) is 2.63. The molecule has 0 heterocycles. The SMILES string of the molecule is NC(=O)C[CH]([Ge])c1ccccc1. The molecule has 0 bridgehead atoms. The summed E-state index contributed by atoms with van der Waals surface area (Å²) in [6, 6.07) is 9.90. The zero-order valence-corrected chi connectivity index (χ0v) is 8.75. The maximum atomic E-state index is 10.6. The third kappa shape index (κ3) is 2.70. The van der Waals surface area contributed by atoms with Gasteiger partial charge in [0, 0.05) is 0 Å². The Morgan fingerprint density at radius 1 is 1.42 bits per heavy atom. The molecule has 1 unspecified atom stereocenters. The van der Waals surface area contributed by atoms with E-state index in [1.54, 1.807) is 0 Å². The van der Waals surface area contributed by atoms with Crippen LogP contribution in [0.4, 0.5) is 0 Å². The van der Waals surface area contributed by atoms with Crippen LogP contribution >= 0.6 is 0 Å². The number of hydrogen-bond donors (Lipinski definition) is 1. The van der Waals surface area contributed by atoms with E-state index in [2.05, 4.69) is 0 Å². The van der Waals surface area contributed by atoms with E-state index < -0.39 is 0 Å². The molecule has 0 fully saturated rings. The minimum atomic E-state index is -0.244. The van der Waals surface area contributed by atoms with Gasteiger partial charge >= 0.3 is 80.0 Å². The van der Waals surface area contributed by atoms with Gasteiger partial charge in [-0.05, 0) is 0 Å².